The molecule has 3 heterocycles. The van der Waals surface area contributed by atoms with Gasteiger partial charge in [-0.3, -0.25) is 4.79 Å². The van der Waals surface area contributed by atoms with Gasteiger partial charge in [0.05, 0.1) is 16.0 Å². The van der Waals surface area contributed by atoms with Crippen LogP contribution in [0.4, 0.5) is 11.5 Å². The standard InChI is InChI=1S/C18H17Cl2N7O/c19-14-4-3-13(8-15(14)20)23-18(28)12-2-1-7-26(9-12)16-5-6-17(25-24-16)27-11-21-10-22-27/h3-6,8,10-12H,1-2,7,9H2,(H,23,28)/t12-/m1/s1. The van der Waals surface area contributed by atoms with Gasteiger partial charge in [0.25, 0.3) is 0 Å². The first-order valence-corrected chi connectivity index (χ1v) is 9.55. The number of rotatable bonds is 4. The highest BCUT2D eigenvalue weighted by Gasteiger charge is 2.27. The van der Waals surface area contributed by atoms with Crippen molar-refractivity contribution < 1.29 is 4.79 Å². The largest absolute Gasteiger partial charge is 0.354 e. The van der Waals surface area contributed by atoms with E-state index in [-0.39, 0.29) is 11.8 Å². The topological polar surface area (TPSA) is 88.8 Å². The molecule has 3 aromatic rings. The average molecular weight is 418 g/mol. The fourth-order valence-electron chi connectivity index (χ4n) is 3.15. The summed E-state index contributed by atoms with van der Waals surface area (Å²) in [6.45, 7) is 1.40. The van der Waals surface area contributed by atoms with Crippen LogP contribution in [-0.4, -0.2) is 44.0 Å². The Morgan fingerprint density at radius 3 is 2.64 bits per heavy atom. The first kappa shape index (κ1) is 18.6. The molecule has 8 nitrogen and oxygen atoms in total. The third-order valence-corrected chi connectivity index (χ3v) is 5.33. The van der Waals surface area contributed by atoms with E-state index < -0.39 is 0 Å². The van der Waals surface area contributed by atoms with Crippen molar-refractivity contribution in [3.8, 4) is 5.82 Å². The van der Waals surface area contributed by atoms with Gasteiger partial charge in [0.1, 0.15) is 12.7 Å². The Morgan fingerprint density at radius 2 is 1.93 bits per heavy atom. The second-order valence-electron chi connectivity index (χ2n) is 6.49. The molecule has 0 saturated carbocycles. The van der Waals surface area contributed by atoms with Crippen LogP contribution in [0.1, 0.15) is 12.8 Å². The summed E-state index contributed by atoms with van der Waals surface area (Å²) in [5, 5.41) is 16.3. The molecule has 0 spiro atoms. The molecule has 1 saturated heterocycles. The van der Waals surface area contributed by atoms with Crippen molar-refractivity contribution >= 4 is 40.6 Å². The molecule has 4 rings (SSSR count). The van der Waals surface area contributed by atoms with Gasteiger partial charge in [0.15, 0.2) is 11.6 Å². The monoisotopic (exact) mass is 417 g/mol. The van der Waals surface area contributed by atoms with Crippen LogP contribution in [0.25, 0.3) is 5.82 Å². The third-order valence-electron chi connectivity index (χ3n) is 4.59. The Balaban J connectivity index is 1.42. The lowest BCUT2D eigenvalue weighted by Crippen LogP contribution is -2.41. The minimum Gasteiger partial charge on any atom is -0.354 e. The number of hydrogen-bond donors (Lipinski definition) is 1. The molecule has 2 aromatic heterocycles. The number of hydrogen-bond acceptors (Lipinski definition) is 6. The van der Waals surface area contributed by atoms with Crippen LogP contribution in [0.5, 0.6) is 0 Å². The van der Waals surface area contributed by atoms with Crippen LogP contribution in [0.3, 0.4) is 0 Å². The minimum atomic E-state index is -0.153. The number of aromatic nitrogens is 5. The number of benzene rings is 1. The summed E-state index contributed by atoms with van der Waals surface area (Å²) < 4.78 is 1.54. The molecule has 0 unspecified atom stereocenters. The van der Waals surface area contributed by atoms with Crippen molar-refractivity contribution in [1.82, 2.24) is 25.0 Å². The van der Waals surface area contributed by atoms with Gasteiger partial charge in [0.2, 0.25) is 5.91 Å². The molecule has 1 aromatic carbocycles. The van der Waals surface area contributed by atoms with Crippen LogP contribution < -0.4 is 10.2 Å². The Morgan fingerprint density at radius 1 is 1.11 bits per heavy atom. The SMILES string of the molecule is O=C(Nc1ccc(Cl)c(Cl)c1)[C@@H]1CCCN(c2ccc(-n3cncn3)nn2)C1. The number of anilines is 2. The number of carbonyl (C=O) groups excluding carboxylic acids is 1. The second kappa shape index (κ2) is 8.12. The van der Waals surface area contributed by atoms with Crippen LogP contribution in [0, 0.1) is 5.92 Å². The summed E-state index contributed by atoms with van der Waals surface area (Å²) in [7, 11) is 0. The quantitative estimate of drug-likeness (QED) is 0.700. The van der Waals surface area contributed by atoms with Crippen LogP contribution in [0.15, 0.2) is 43.0 Å². The summed E-state index contributed by atoms with van der Waals surface area (Å²) in [6.07, 6.45) is 4.71. The van der Waals surface area contributed by atoms with Crippen molar-refractivity contribution in [2.45, 2.75) is 12.8 Å². The van der Waals surface area contributed by atoms with E-state index in [2.05, 4.69) is 30.5 Å². The molecule has 1 fully saturated rings. The van der Waals surface area contributed by atoms with Gasteiger partial charge in [-0.15, -0.1) is 10.2 Å². The van der Waals surface area contributed by atoms with Crippen molar-refractivity contribution in [3.05, 3.63) is 53.0 Å². The first-order chi connectivity index (χ1) is 13.6. The van der Waals surface area contributed by atoms with Crippen molar-refractivity contribution in [3.63, 3.8) is 0 Å². The van der Waals surface area contributed by atoms with Gasteiger partial charge in [-0.05, 0) is 43.2 Å². The Kier molecular flexibility index (Phi) is 5.40. The van der Waals surface area contributed by atoms with Gasteiger partial charge in [-0.1, -0.05) is 23.2 Å². The summed E-state index contributed by atoms with van der Waals surface area (Å²) in [6, 6.07) is 8.76. The minimum absolute atomic E-state index is 0.0460. The Hall–Kier alpha value is -2.71. The van der Waals surface area contributed by atoms with E-state index in [4.69, 9.17) is 23.2 Å². The zero-order valence-corrected chi connectivity index (χ0v) is 16.3. The fourth-order valence-corrected chi connectivity index (χ4v) is 3.45. The van der Waals surface area contributed by atoms with E-state index in [1.54, 1.807) is 29.2 Å². The lowest BCUT2D eigenvalue weighted by molar-refractivity contribution is -0.120. The molecular weight excluding hydrogens is 401 g/mol. The number of amides is 1. The fraction of sp³-hybridized carbons (Fsp3) is 0.278. The highest BCUT2D eigenvalue weighted by Crippen LogP contribution is 2.27. The molecule has 144 valence electrons. The maximum Gasteiger partial charge on any atom is 0.229 e. The predicted octanol–water partition coefficient (Wildman–Crippen LogP) is 3.22. The normalized spacial score (nSPS) is 16.8. The lowest BCUT2D eigenvalue weighted by Gasteiger charge is -2.32. The Bertz CT molecular complexity index is 963. The van der Waals surface area contributed by atoms with Crippen LogP contribution in [-0.2, 0) is 4.79 Å². The molecule has 10 heteroatoms. The molecular formula is C18H17Cl2N7O. The molecule has 1 amide bonds. The molecule has 1 N–H and O–H groups in total. The van der Waals surface area contributed by atoms with Gasteiger partial charge in [-0.2, -0.15) is 5.10 Å². The van der Waals surface area contributed by atoms with Crippen molar-refractivity contribution in [1.29, 1.82) is 0 Å². The zero-order valence-electron chi connectivity index (χ0n) is 14.8. The molecule has 0 radical (unpaired) electrons. The number of carbonyl (C=O) groups is 1. The average Bonchev–Trinajstić information content (AvgIpc) is 3.26. The number of halogens is 2. The van der Waals surface area contributed by atoms with Crippen LogP contribution >= 0.6 is 23.2 Å². The zero-order chi connectivity index (χ0) is 19.5. The molecule has 0 aliphatic carbocycles. The maximum absolute atomic E-state index is 12.7. The number of nitrogens with zero attached hydrogens (tertiary/aromatic N) is 6. The first-order valence-electron chi connectivity index (χ1n) is 8.80. The third kappa shape index (κ3) is 4.07. The summed E-state index contributed by atoms with van der Waals surface area (Å²) >= 11 is 11.9. The molecule has 1 atom stereocenters. The van der Waals surface area contributed by atoms with E-state index >= 15 is 0 Å². The van der Waals surface area contributed by atoms with Gasteiger partial charge in [-0.25, -0.2) is 9.67 Å². The van der Waals surface area contributed by atoms with E-state index in [1.165, 1.54) is 6.33 Å². The van der Waals surface area contributed by atoms with E-state index in [9.17, 15) is 4.79 Å². The maximum atomic E-state index is 12.7. The van der Waals surface area contributed by atoms with Crippen molar-refractivity contribution in [2.75, 3.05) is 23.3 Å². The molecule has 28 heavy (non-hydrogen) atoms. The summed E-state index contributed by atoms with van der Waals surface area (Å²) in [5.74, 6) is 1.12. The van der Waals surface area contributed by atoms with Gasteiger partial charge < -0.3 is 10.2 Å². The van der Waals surface area contributed by atoms with Crippen LogP contribution in [0.2, 0.25) is 10.0 Å². The second-order valence-corrected chi connectivity index (χ2v) is 7.31. The van der Waals surface area contributed by atoms with Gasteiger partial charge in [0, 0.05) is 18.8 Å². The summed E-state index contributed by atoms with van der Waals surface area (Å²) in [5.41, 5.74) is 0.633. The number of nitrogens with one attached hydrogen (secondary N) is 1. The van der Waals surface area contributed by atoms with Gasteiger partial charge >= 0.3 is 0 Å². The van der Waals surface area contributed by atoms with E-state index in [0.29, 0.717) is 28.1 Å². The van der Waals surface area contributed by atoms with E-state index in [1.807, 2.05) is 12.1 Å². The highest BCUT2D eigenvalue weighted by molar-refractivity contribution is 6.42. The highest BCUT2D eigenvalue weighted by atomic mass is 35.5. The Labute approximate surface area is 171 Å². The number of piperidine rings is 1. The molecule has 1 aliphatic heterocycles. The van der Waals surface area contributed by atoms with E-state index in [0.717, 1.165) is 25.2 Å². The smallest absolute Gasteiger partial charge is 0.229 e. The summed E-state index contributed by atoms with van der Waals surface area (Å²) in [4.78, 5) is 18.7. The lowest BCUT2D eigenvalue weighted by atomic mass is 9.97. The molecule has 1 aliphatic rings. The molecule has 0 bridgehead atoms. The van der Waals surface area contributed by atoms with Crippen molar-refractivity contribution in [2.24, 2.45) is 5.92 Å². The predicted molar refractivity (Wildman–Crippen MR) is 107 cm³/mol.